The molecule has 1 heteroatoms. The van der Waals surface area contributed by atoms with Gasteiger partial charge in [-0.2, -0.15) is 0 Å². The normalized spacial score (nSPS) is 11.6. The molecule has 1 nitrogen and oxygen atoms in total. The van der Waals surface area contributed by atoms with E-state index in [2.05, 4.69) is 54.6 Å². The highest BCUT2D eigenvalue weighted by atomic mass is 14.9. The SMILES string of the molecule is C#CCC(Nc1ccccc1)c1ccc(C)cc1. The van der Waals surface area contributed by atoms with E-state index in [1.807, 2.05) is 18.2 Å². The maximum Gasteiger partial charge on any atom is 0.0623 e. The molecule has 1 atom stereocenters. The van der Waals surface area contributed by atoms with Gasteiger partial charge in [-0.1, -0.05) is 48.0 Å². The molecule has 0 aliphatic rings. The van der Waals surface area contributed by atoms with Crippen LogP contribution in [0.3, 0.4) is 0 Å². The van der Waals surface area contributed by atoms with E-state index in [-0.39, 0.29) is 6.04 Å². The summed E-state index contributed by atoms with van der Waals surface area (Å²) in [5, 5.41) is 3.47. The molecule has 0 fully saturated rings. The Morgan fingerprint density at radius 2 is 1.72 bits per heavy atom. The molecule has 2 rings (SSSR count). The fraction of sp³-hybridized carbons (Fsp3) is 0.176. The third-order valence-electron chi connectivity index (χ3n) is 2.92. The average molecular weight is 235 g/mol. The molecule has 18 heavy (non-hydrogen) atoms. The number of terminal acetylenes is 1. The summed E-state index contributed by atoms with van der Waals surface area (Å²) < 4.78 is 0. The number of hydrogen-bond donors (Lipinski definition) is 1. The second-order valence-corrected chi connectivity index (χ2v) is 4.38. The maximum absolute atomic E-state index is 5.46. The summed E-state index contributed by atoms with van der Waals surface area (Å²) in [6, 6.07) is 18.8. The van der Waals surface area contributed by atoms with Gasteiger partial charge in [0.05, 0.1) is 6.04 Å². The van der Waals surface area contributed by atoms with Gasteiger partial charge < -0.3 is 5.32 Å². The van der Waals surface area contributed by atoms with Crippen LogP contribution in [0.1, 0.15) is 23.6 Å². The standard InChI is InChI=1S/C17H17N/c1-3-7-17(15-12-10-14(2)11-13-15)18-16-8-5-4-6-9-16/h1,4-6,8-13,17-18H,7H2,2H3. The molecule has 2 aromatic rings. The Kier molecular flexibility index (Phi) is 4.04. The molecule has 0 aliphatic carbocycles. The first-order chi connectivity index (χ1) is 8.79. The Morgan fingerprint density at radius 1 is 1.06 bits per heavy atom. The fourth-order valence-corrected chi connectivity index (χ4v) is 1.90. The van der Waals surface area contributed by atoms with Gasteiger partial charge in [-0.25, -0.2) is 0 Å². The molecule has 0 spiro atoms. The van der Waals surface area contributed by atoms with Crippen LogP contribution in [-0.4, -0.2) is 0 Å². The van der Waals surface area contributed by atoms with E-state index in [0.29, 0.717) is 6.42 Å². The van der Waals surface area contributed by atoms with Crippen molar-refractivity contribution in [3.63, 3.8) is 0 Å². The summed E-state index contributed by atoms with van der Waals surface area (Å²) in [4.78, 5) is 0. The summed E-state index contributed by atoms with van der Waals surface area (Å²) in [6.07, 6.45) is 6.14. The van der Waals surface area contributed by atoms with Crippen molar-refractivity contribution in [2.75, 3.05) is 5.32 Å². The first-order valence-electron chi connectivity index (χ1n) is 6.11. The summed E-state index contributed by atoms with van der Waals surface area (Å²) in [6.45, 7) is 2.09. The van der Waals surface area contributed by atoms with Gasteiger partial charge in [0, 0.05) is 12.1 Å². The Hall–Kier alpha value is -2.20. The molecule has 1 N–H and O–H groups in total. The van der Waals surface area contributed by atoms with Crippen LogP contribution in [-0.2, 0) is 0 Å². The molecule has 0 saturated carbocycles. The molecule has 0 aliphatic heterocycles. The highest BCUT2D eigenvalue weighted by molar-refractivity contribution is 5.45. The third kappa shape index (κ3) is 3.15. The molecule has 0 heterocycles. The van der Waals surface area contributed by atoms with E-state index in [0.717, 1.165) is 5.69 Å². The highest BCUT2D eigenvalue weighted by Crippen LogP contribution is 2.22. The van der Waals surface area contributed by atoms with Crippen LogP contribution in [0.5, 0.6) is 0 Å². The zero-order valence-corrected chi connectivity index (χ0v) is 10.6. The minimum atomic E-state index is 0.165. The quantitative estimate of drug-likeness (QED) is 0.784. The number of hydrogen-bond acceptors (Lipinski definition) is 1. The minimum absolute atomic E-state index is 0.165. The molecule has 1 unspecified atom stereocenters. The van der Waals surface area contributed by atoms with Gasteiger partial charge in [-0.15, -0.1) is 12.3 Å². The van der Waals surface area contributed by atoms with Crippen molar-refractivity contribution in [2.45, 2.75) is 19.4 Å². The monoisotopic (exact) mass is 235 g/mol. The maximum atomic E-state index is 5.46. The lowest BCUT2D eigenvalue weighted by Gasteiger charge is -2.18. The predicted molar refractivity (Wildman–Crippen MR) is 77.4 cm³/mol. The van der Waals surface area contributed by atoms with Gasteiger partial charge in [0.1, 0.15) is 0 Å². The molecular formula is C17H17N. The second-order valence-electron chi connectivity index (χ2n) is 4.38. The van der Waals surface area contributed by atoms with Crippen molar-refractivity contribution in [3.05, 3.63) is 65.7 Å². The van der Waals surface area contributed by atoms with Gasteiger partial charge >= 0.3 is 0 Å². The molecule has 0 bridgehead atoms. The fourth-order valence-electron chi connectivity index (χ4n) is 1.90. The van der Waals surface area contributed by atoms with Crippen molar-refractivity contribution in [1.82, 2.24) is 0 Å². The molecular weight excluding hydrogens is 218 g/mol. The van der Waals surface area contributed by atoms with Crippen molar-refractivity contribution >= 4 is 5.69 Å². The molecule has 0 saturated heterocycles. The van der Waals surface area contributed by atoms with Crippen LogP contribution in [0.4, 0.5) is 5.69 Å². The van der Waals surface area contributed by atoms with Gasteiger partial charge in [-0.3, -0.25) is 0 Å². The highest BCUT2D eigenvalue weighted by Gasteiger charge is 2.09. The number of benzene rings is 2. The Bertz CT molecular complexity index is 520. The first-order valence-corrected chi connectivity index (χ1v) is 6.11. The van der Waals surface area contributed by atoms with E-state index in [9.17, 15) is 0 Å². The second kappa shape index (κ2) is 5.93. The molecule has 2 aromatic carbocycles. The number of anilines is 1. The number of aryl methyl sites for hydroxylation is 1. The lowest BCUT2D eigenvalue weighted by atomic mass is 10.0. The minimum Gasteiger partial charge on any atom is -0.377 e. The van der Waals surface area contributed by atoms with E-state index in [4.69, 9.17) is 6.42 Å². The predicted octanol–water partition coefficient (Wildman–Crippen LogP) is 4.17. The first kappa shape index (κ1) is 12.3. The van der Waals surface area contributed by atoms with Crippen LogP contribution in [0.25, 0.3) is 0 Å². The molecule has 0 amide bonds. The van der Waals surface area contributed by atoms with E-state index < -0.39 is 0 Å². The van der Waals surface area contributed by atoms with Crippen molar-refractivity contribution in [2.24, 2.45) is 0 Å². The Balaban J connectivity index is 2.18. The summed E-state index contributed by atoms with van der Waals surface area (Å²) in [5.74, 6) is 2.74. The van der Waals surface area contributed by atoms with Gasteiger partial charge in [-0.05, 0) is 24.6 Å². The zero-order chi connectivity index (χ0) is 12.8. The van der Waals surface area contributed by atoms with Crippen LogP contribution in [0.15, 0.2) is 54.6 Å². The number of rotatable bonds is 4. The van der Waals surface area contributed by atoms with Crippen LogP contribution in [0, 0.1) is 19.3 Å². The summed E-state index contributed by atoms with van der Waals surface area (Å²) in [7, 11) is 0. The van der Waals surface area contributed by atoms with Crippen LogP contribution >= 0.6 is 0 Å². The molecule has 90 valence electrons. The molecule has 0 aromatic heterocycles. The lowest BCUT2D eigenvalue weighted by molar-refractivity contribution is 0.813. The van der Waals surface area contributed by atoms with Crippen LogP contribution in [0.2, 0.25) is 0 Å². The lowest BCUT2D eigenvalue weighted by Crippen LogP contribution is -2.10. The van der Waals surface area contributed by atoms with Crippen molar-refractivity contribution < 1.29 is 0 Å². The average Bonchev–Trinajstić information content (AvgIpc) is 2.40. The zero-order valence-electron chi connectivity index (χ0n) is 10.6. The smallest absolute Gasteiger partial charge is 0.0623 e. The summed E-state index contributed by atoms with van der Waals surface area (Å²) >= 11 is 0. The van der Waals surface area contributed by atoms with E-state index in [1.165, 1.54) is 11.1 Å². The van der Waals surface area contributed by atoms with E-state index >= 15 is 0 Å². The van der Waals surface area contributed by atoms with Gasteiger partial charge in [0.15, 0.2) is 0 Å². The Morgan fingerprint density at radius 3 is 2.33 bits per heavy atom. The van der Waals surface area contributed by atoms with Crippen molar-refractivity contribution in [1.29, 1.82) is 0 Å². The van der Waals surface area contributed by atoms with Gasteiger partial charge in [0.2, 0.25) is 0 Å². The van der Waals surface area contributed by atoms with E-state index in [1.54, 1.807) is 0 Å². The largest absolute Gasteiger partial charge is 0.377 e. The molecule has 0 radical (unpaired) electrons. The topological polar surface area (TPSA) is 12.0 Å². The van der Waals surface area contributed by atoms with Crippen LogP contribution < -0.4 is 5.32 Å². The van der Waals surface area contributed by atoms with Crippen molar-refractivity contribution in [3.8, 4) is 12.3 Å². The number of nitrogens with one attached hydrogen (secondary N) is 1. The Labute approximate surface area is 109 Å². The van der Waals surface area contributed by atoms with Gasteiger partial charge in [0.25, 0.3) is 0 Å². The number of para-hydroxylation sites is 1. The summed E-state index contributed by atoms with van der Waals surface area (Å²) in [5.41, 5.74) is 3.58. The third-order valence-corrected chi connectivity index (χ3v) is 2.92.